The number of aromatic nitrogens is 1. The molecule has 0 unspecified atom stereocenters. The predicted molar refractivity (Wildman–Crippen MR) is 103 cm³/mol. The summed E-state index contributed by atoms with van der Waals surface area (Å²) >= 11 is 5.83. The van der Waals surface area contributed by atoms with Crippen molar-refractivity contribution in [2.45, 2.75) is 20.4 Å². The number of nitrogens with zero attached hydrogens (tertiary/aromatic N) is 1. The van der Waals surface area contributed by atoms with E-state index in [1.807, 2.05) is 0 Å². The minimum atomic E-state index is -0.466. The Morgan fingerprint density at radius 1 is 1.19 bits per heavy atom. The Morgan fingerprint density at radius 2 is 1.89 bits per heavy atom. The molecule has 0 bridgehead atoms. The lowest BCUT2D eigenvalue weighted by Gasteiger charge is -2.15. The molecule has 0 aliphatic heterocycles. The van der Waals surface area contributed by atoms with E-state index in [1.165, 1.54) is 23.8 Å². The number of carbonyl (C=O) groups is 2. The normalized spacial score (nSPS) is 10.6. The molecule has 0 saturated heterocycles. The maximum atomic E-state index is 12.9. The van der Waals surface area contributed by atoms with Gasteiger partial charge in [0.05, 0.1) is 12.8 Å². The van der Waals surface area contributed by atoms with Gasteiger partial charge in [-0.1, -0.05) is 11.6 Å². The summed E-state index contributed by atoms with van der Waals surface area (Å²) < 4.78 is 6.71. The molecule has 2 heterocycles. The summed E-state index contributed by atoms with van der Waals surface area (Å²) in [5.74, 6) is -0.106. The zero-order chi connectivity index (χ0) is 19.6. The molecule has 3 rings (SSSR count). The van der Waals surface area contributed by atoms with Gasteiger partial charge in [0, 0.05) is 21.8 Å². The van der Waals surface area contributed by atoms with Crippen LogP contribution in [0.5, 0.6) is 0 Å². The van der Waals surface area contributed by atoms with E-state index in [1.54, 1.807) is 43.3 Å². The fraction of sp³-hybridized carbons (Fsp3) is 0.150. The Labute approximate surface area is 160 Å². The number of amides is 1. The number of nitrogens with one attached hydrogen (secondary N) is 1. The minimum Gasteiger partial charge on any atom is -0.467 e. The van der Waals surface area contributed by atoms with Crippen LogP contribution in [0.4, 0.5) is 5.69 Å². The molecule has 1 aromatic carbocycles. The van der Waals surface area contributed by atoms with Crippen LogP contribution in [-0.4, -0.2) is 16.3 Å². The number of furan rings is 1. The average Bonchev–Trinajstić information content (AvgIpc) is 3.14. The first-order chi connectivity index (χ1) is 12.9. The molecule has 0 saturated carbocycles. The highest BCUT2D eigenvalue weighted by Crippen LogP contribution is 2.16. The van der Waals surface area contributed by atoms with Gasteiger partial charge >= 0.3 is 0 Å². The number of pyridine rings is 1. The third-order valence-electron chi connectivity index (χ3n) is 4.19. The smallest absolute Gasteiger partial charge is 0.274 e. The van der Waals surface area contributed by atoms with E-state index in [4.69, 9.17) is 16.0 Å². The highest BCUT2D eigenvalue weighted by atomic mass is 35.5. The van der Waals surface area contributed by atoms with Crippen LogP contribution in [0.3, 0.4) is 0 Å². The van der Waals surface area contributed by atoms with Gasteiger partial charge in [0.1, 0.15) is 11.4 Å². The summed E-state index contributed by atoms with van der Waals surface area (Å²) in [5, 5.41) is 3.09. The number of anilines is 1. The predicted octanol–water partition coefficient (Wildman–Crippen LogP) is 3.91. The lowest BCUT2D eigenvalue weighted by Crippen LogP contribution is -2.29. The fourth-order valence-corrected chi connectivity index (χ4v) is 2.87. The molecule has 0 radical (unpaired) electrons. The molecule has 27 heavy (non-hydrogen) atoms. The van der Waals surface area contributed by atoms with Crippen LogP contribution >= 0.6 is 11.6 Å². The third kappa shape index (κ3) is 4.01. The first-order valence-electron chi connectivity index (χ1n) is 8.21. The molecule has 2 aromatic heterocycles. The van der Waals surface area contributed by atoms with Crippen molar-refractivity contribution in [1.82, 2.24) is 4.57 Å². The van der Waals surface area contributed by atoms with Crippen LogP contribution in [-0.2, 0) is 6.54 Å². The van der Waals surface area contributed by atoms with Crippen molar-refractivity contribution < 1.29 is 14.0 Å². The Morgan fingerprint density at radius 3 is 2.48 bits per heavy atom. The van der Waals surface area contributed by atoms with E-state index in [0.717, 1.165) is 0 Å². The van der Waals surface area contributed by atoms with E-state index >= 15 is 0 Å². The van der Waals surface area contributed by atoms with Crippen LogP contribution in [0, 0.1) is 6.92 Å². The second-order valence-corrected chi connectivity index (χ2v) is 6.48. The topological polar surface area (TPSA) is 81.3 Å². The van der Waals surface area contributed by atoms with Gasteiger partial charge in [-0.3, -0.25) is 14.4 Å². The molecule has 138 valence electrons. The lowest BCUT2D eigenvalue weighted by molar-refractivity contribution is 0.100. The highest BCUT2D eigenvalue weighted by molar-refractivity contribution is 6.30. The lowest BCUT2D eigenvalue weighted by atomic mass is 10.1. The highest BCUT2D eigenvalue weighted by Gasteiger charge is 2.17. The number of hydrogen-bond acceptors (Lipinski definition) is 4. The van der Waals surface area contributed by atoms with Gasteiger partial charge in [0.2, 0.25) is 0 Å². The van der Waals surface area contributed by atoms with Gasteiger partial charge in [0.15, 0.2) is 5.78 Å². The zero-order valence-electron chi connectivity index (χ0n) is 14.8. The van der Waals surface area contributed by atoms with Crippen molar-refractivity contribution in [3.05, 3.63) is 86.7 Å². The van der Waals surface area contributed by atoms with E-state index in [0.29, 0.717) is 27.6 Å². The van der Waals surface area contributed by atoms with Gasteiger partial charge in [-0.05, 0) is 56.3 Å². The van der Waals surface area contributed by atoms with Gasteiger partial charge in [-0.2, -0.15) is 0 Å². The molecule has 6 nitrogen and oxygen atoms in total. The van der Waals surface area contributed by atoms with E-state index < -0.39 is 11.5 Å². The molecule has 0 fully saturated rings. The Balaban J connectivity index is 2.02. The maximum Gasteiger partial charge on any atom is 0.274 e. The summed E-state index contributed by atoms with van der Waals surface area (Å²) in [6.07, 6.45) is 1.51. The molecular formula is C20H17ClN2O4. The summed E-state index contributed by atoms with van der Waals surface area (Å²) in [7, 11) is 0. The SMILES string of the molecule is CC(=O)c1cc(NC(=O)c2ccc(Cl)cc2)c(=O)n(Cc2ccco2)c1C. The van der Waals surface area contributed by atoms with Crippen molar-refractivity contribution >= 4 is 29.0 Å². The summed E-state index contributed by atoms with van der Waals surface area (Å²) in [6.45, 7) is 3.25. The van der Waals surface area contributed by atoms with Crippen LogP contribution in [0.2, 0.25) is 5.02 Å². The first-order valence-corrected chi connectivity index (χ1v) is 8.59. The Kier molecular flexibility index (Phi) is 5.28. The Bertz CT molecular complexity index is 1050. The van der Waals surface area contributed by atoms with Crippen molar-refractivity contribution in [2.24, 2.45) is 0 Å². The van der Waals surface area contributed by atoms with Crippen molar-refractivity contribution in [2.75, 3.05) is 5.32 Å². The number of ketones is 1. The van der Waals surface area contributed by atoms with Crippen molar-refractivity contribution in [3.63, 3.8) is 0 Å². The largest absolute Gasteiger partial charge is 0.467 e. The first kappa shape index (κ1) is 18.7. The second kappa shape index (κ2) is 7.63. The number of Topliss-reactive ketones (excluding diaryl/α,β-unsaturated/α-hetero) is 1. The van der Waals surface area contributed by atoms with Crippen LogP contribution in [0.25, 0.3) is 0 Å². The molecule has 0 spiro atoms. The van der Waals surface area contributed by atoms with Gasteiger partial charge in [-0.25, -0.2) is 0 Å². The molecule has 0 aliphatic rings. The van der Waals surface area contributed by atoms with E-state index in [-0.39, 0.29) is 18.0 Å². The zero-order valence-corrected chi connectivity index (χ0v) is 15.5. The molecular weight excluding hydrogens is 368 g/mol. The van der Waals surface area contributed by atoms with Crippen LogP contribution < -0.4 is 10.9 Å². The third-order valence-corrected chi connectivity index (χ3v) is 4.44. The van der Waals surface area contributed by atoms with Gasteiger partial charge in [0.25, 0.3) is 11.5 Å². The number of halogens is 1. The number of rotatable bonds is 5. The molecule has 7 heteroatoms. The quantitative estimate of drug-likeness (QED) is 0.676. The maximum absolute atomic E-state index is 12.9. The van der Waals surface area contributed by atoms with E-state index in [9.17, 15) is 14.4 Å². The minimum absolute atomic E-state index is 0.0253. The van der Waals surface area contributed by atoms with Crippen molar-refractivity contribution in [1.29, 1.82) is 0 Å². The monoisotopic (exact) mass is 384 g/mol. The molecule has 3 aromatic rings. The number of benzene rings is 1. The number of hydrogen-bond donors (Lipinski definition) is 1. The molecule has 0 atom stereocenters. The fourth-order valence-electron chi connectivity index (χ4n) is 2.74. The van der Waals surface area contributed by atoms with Gasteiger partial charge in [-0.15, -0.1) is 0 Å². The van der Waals surface area contributed by atoms with Gasteiger partial charge < -0.3 is 14.3 Å². The van der Waals surface area contributed by atoms with Crippen LogP contribution in [0.1, 0.15) is 39.1 Å². The molecule has 1 amide bonds. The standard InChI is InChI=1S/C20H17ClN2O4/c1-12-17(13(2)24)10-18(20(26)23(12)11-16-4-3-9-27-16)22-19(25)14-5-7-15(21)8-6-14/h3-10H,11H2,1-2H3,(H,22,25). The summed E-state index contributed by atoms with van der Waals surface area (Å²) in [4.78, 5) is 37.4. The average molecular weight is 385 g/mol. The molecule has 0 aliphatic carbocycles. The molecule has 1 N–H and O–H groups in total. The summed E-state index contributed by atoms with van der Waals surface area (Å²) in [6, 6.07) is 11.1. The number of carbonyl (C=O) groups excluding carboxylic acids is 2. The van der Waals surface area contributed by atoms with Crippen LogP contribution in [0.15, 0.2) is 57.9 Å². The van der Waals surface area contributed by atoms with E-state index in [2.05, 4.69) is 5.32 Å². The summed E-state index contributed by atoms with van der Waals surface area (Å²) in [5.41, 5.74) is 0.816. The van der Waals surface area contributed by atoms with Crippen molar-refractivity contribution in [3.8, 4) is 0 Å². The second-order valence-electron chi connectivity index (χ2n) is 6.04. The Hall–Kier alpha value is -3.12.